The summed E-state index contributed by atoms with van der Waals surface area (Å²) in [5.74, 6) is 0. The predicted octanol–water partition coefficient (Wildman–Crippen LogP) is 3.55. The van der Waals surface area contributed by atoms with Crippen LogP contribution in [-0.4, -0.2) is 20.1 Å². The maximum Gasteiger partial charge on any atom is 0.261 e. The van der Waals surface area contributed by atoms with Gasteiger partial charge in [-0.15, -0.1) is 0 Å². The van der Waals surface area contributed by atoms with Crippen molar-refractivity contribution < 1.29 is 13.5 Å². The molecule has 0 fully saturated rings. The van der Waals surface area contributed by atoms with Crippen molar-refractivity contribution in [1.29, 1.82) is 0 Å². The molecule has 0 aromatic heterocycles. The van der Waals surface area contributed by atoms with Gasteiger partial charge in [0, 0.05) is 15.6 Å². The van der Waals surface area contributed by atoms with E-state index >= 15 is 0 Å². The molecule has 0 bridgehead atoms. The van der Waals surface area contributed by atoms with Crippen molar-refractivity contribution in [3.8, 4) is 0 Å². The van der Waals surface area contributed by atoms with Crippen molar-refractivity contribution in [2.24, 2.45) is 0 Å². The molecule has 0 heterocycles. The molecule has 112 valence electrons. The Labute approximate surface area is 140 Å². The van der Waals surface area contributed by atoms with E-state index in [0.29, 0.717) is 16.6 Å². The van der Waals surface area contributed by atoms with Gasteiger partial charge >= 0.3 is 0 Å². The number of hydrogen-bond acceptors (Lipinski definition) is 3. The molecular formula is C14H13Br2NO3S. The van der Waals surface area contributed by atoms with Crippen LogP contribution in [0.4, 0.5) is 5.69 Å². The minimum absolute atomic E-state index is 0.0379. The van der Waals surface area contributed by atoms with Crippen LogP contribution < -0.4 is 4.72 Å². The maximum atomic E-state index is 12.3. The van der Waals surface area contributed by atoms with Crippen LogP contribution >= 0.6 is 31.9 Å². The predicted molar refractivity (Wildman–Crippen MR) is 89.9 cm³/mol. The highest BCUT2D eigenvalue weighted by Crippen LogP contribution is 2.28. The monoisotopic (exact) mass is 433 g/mol. The summed E-state index contributed by atoms with van der Waals surface area (Å²) in [7, 11) is -3.64. The van der Waals surface area contributed by atoms with Crippen molar-refractivity contribution >= 4 is 47.6 Å². The number of aliphatic hydroxyl groups excluding tert-OH is 1. The number of halogens is 2. The van der Waals surface area contributed by atoms with Crippen LogP contribution in [0.25, 0.3) is 0 Å². The standard InChI is InChI=1S/C14H13Br2NO3S/c15-11-3-6-14(13(16)9-11)17-21(19,20)12-4-1-10(2-5-12)7-8-18/h1-6,9,17-18H,7-8H2. The van der Waals surface area contributed by atoms with E-state index in [4.69, 9.17) is 5.11 Å². The van der Waals surface area contributed by atoms with E-state index in [2.05, 4.69) is 36.6 Å². The van der Waals surface area contributed by atoms with E-state index < -0.39 is 10.0 Å². The van der Waals surface area contributed by atoms with E-state index in [1.165, 1.54) is 12.1 Å². The zero-order valence-electron chi connectivity index (χ0n) is 10.9. The zero-order valence-corrected chi connectivity index (χ0v) is 14.9. The van der Waals surface area contributed by atoms with Crippen LogP contribution in [0.1, 0.15) is 5.56 Å². The zero-order chi connectivity index (χ0) is 15.5. The van der Waals surface area contributed by atoms with Crippen LogP contribution in [0.3, 0.4) is 0 Å². The fourth-order valence-electron chi connectivity index (χ4n) is 1.74. The van der Waals surface area contributed by atoms with Crippen LogP contribution in [0.15, 0.2) is 56.3 Å². The second-order valence-corrected chi connectivity index (χ2v) is 7.80. The van der Waals surface area contributed by atoms with Gasteiger partial charge in [-0.25, -0.2) is 8.42 Å². The number of nitrogens with one attached hydrogen (secondary N) is 1. The topological polar surface area (TPSA) is 66.4 Å². The van der Waals surface area contributed by atoms with E-state index in [1.807, 2.05) is 0 Å². The lowest BCUT2D eigenvalue weighted by Crippen LogP contribution is -2.13. The molecular weight excluding hydrogens is 422 g/mol. The Morgan fingerprint density at radius 2 is 1.71 bits per heavy atom. The maximum absolute atomic E-state index is 12.3. The molecule has 0 unspecified atom stereocenters. The number of hydrogen-bond donors (Lipinski definition) is 2. The highest BCUT2D eigenvalue weighted by Gasteiger charge is 2.15. The normalized spacial score (nSPS) is 11.4. The second-order valence-electron chi connectivity index (χ2n) is 4.35. The first-order chi connectivity index (χ1) is 9.92. The Morgan fingerprint density at radius 1 is 1.05 bits per heavy atom. The van der Waals surface area contributed by atoms with Gasteiger partial charge in [-0.05, 0) is 58.2 Å². The van der Waals surface area contributed by atoms with E-state index in [-0.39, 0.29) is 11.5 Å². The quantitative estimate of drug-likeness (QED) is 0.756. The van der Waals surface area contributed by atoms with Gasteiger partial charge in [0.25, 0.3) is 10.0 Å². The fourth-order valence-corrected chi connectivity index (χ4v) is 4.10. The molecule has 0 amide bonds. The SMILES string of the molecule is O=S(=O)(Nc1ccc(Br)cc1Br)c1ccc(CCO)cc1. The van der Waals surface area contributed by atoms with Crippen molar-refractivity contribution in [1.82, 2.24) is 0 Å². The summed E-state index contributed by atoms with van der Waals surface area (Å²) in [5, 5.41) is 8.86. The second kappa shape index (κ2) is 6.91. The van der Waals surface area contributed by atoms with Crippen molar-refractivity contribution in [3.63, 3.8) is 0 Å². The molecule has 0 aliphatic rings. The molecule has 0 radical (unpaired) electrons. The molecule has 0 atom stereocenters. The third-order valence-electron chi connectivity index (χ3n) is 2.81. The van der Waals surface area contributed by atoms with Crippen LogP contribution in [0, 0.1) is 0 Å². The minimum Gasteiger partial charge on any atom is -0.396 e. The lowest BCUT2D eigenvalue weighted by Gasteiger charge is -2.10. The van der Waals surface area contributed by atoms with E-state index in [1.54, 1.807) is 30.3 Å². The number of aliphatic hydroxyl groups is 1. The lowest BCUT2D eigenvalue weighted by atomic mass is 10.2. The van der Waals surface area contributed by atoms with E-state index in [0.717, 1.165) is 10.0 Å². The highest BCUT2D eigenvalue weighted by atomic mass is 79.9. The van der Waals surface area contributed by atoms with Crippen LogP contribution in [0.5, 0.6) is 0 Å². The first-order valence-electron chi connectivity index (χ1n) is 6.10. The Bertz CT molecular complexity index is 730. The van der Waals surface area contributed by atoms with Gasteiger partial charge in [-0.1, -0.05) is 28.1 Å². The summed E-state index contributed by atoms with van der Waals surface area (Å²) in [6, 6.07) is 11.6. The number of rotatable bonds is 5. The van der Waals surface area contributed by atoms with Gasteiger partial charge in [0.1, 0.15) is 0 Å². The molecule has 0 saturated carbocycles. The Balaban J connectivity index is 2.25. The number of anilines is 1. The molecule has 2 aromatic rings. The van der Waals surface area contributed by atoms with Crippen LogP contribution in [-0.2, 0) is 16.4 Å². The Hall–Kier alpha value is -0.890. The largest absolute Gasteiger partial charge is 0.396 e. The van der Waals surface area contributed by atoms with Gasteiger partial charge in [0.15, 0.2) is 0 Å². The molecule has 2 N–H and O–H groups in total. The highest BCUT2D eigenvalue weighted by molar-refractivity contribution is 9.11. The molecule has 21 heavy (non-hydrogen) atoms. The molecule has 0 spiro atoms. The van der Waals surface area contributed by atoms with Crippen molar-refractivity contribution in [3.05, 3.63) is 57.0 Å². The van der Waals surface area contributed by atoms with Gasteiger partial charge in [-0.2, -0.15) is 0 Å². The first kappa shape index (κ1) is 16.5. The van der Waals surface area contributed by atoms with Crippen LogP contribution in [0.2, 0.25) is 0 Å². The lowest BCUT2D eigenvalue weighted by molar-refractivity contribution is 0.299. The summed E-state index contributed by atoms with van der Waals surface area (Å²) in [6.45, 7) is 0.0379. The summed E-state index contributed by atoms with van der Waals surface area (Å²) in [4.78, 5) is 0.180. The molecule has 0 aliphatic carbocycles. The summed E-state index contributed by atoms with van der Waals surface area (Å²) in [5.41, 5.74) is 1.36. The smallest absolute Gasteiger partial charge is 0.261 e. The number of sulfonamides is 1. The molecule has 4 nitrogen and oxygen atoms in total. The van der Waals surface area contributed by atoms with Crippen molar-refractivity contribution in [2.75, 3.05) is 11.3 Å². The molecule has 0 saturated heterocycles. The van der Waals surface area contributed by atoms with Crippen molar-refractivity contribution in [2.45, 2.75) is 11.3 Å². The molecule has 7 heteroatoms. The van der Waals surface area contributed by atoms with Gasteiger partial charge in [0.05, 0.1) is 10.6 Å². The Kier molecular flexibility index (Phi) is 5.43. The fraction of sp³-hybridized carbons (Fsp3) is 0.143. The molecule has 0 aliphatic heterocycles. The van der Waals surface area contributed by atoms with Gasteiger partial charge in [-0.3, -0.25) is 4.72 Å². The third-order valence-corrected chi connectivity index (χ3v) is 5.34. The summed E-state index contributed by atoms with van der Waals surface area (Å²) in [6.07, 6.45) is 0.506. The van der Waals surface area contributed by atoms with E-state index in [9.17, 15) is 8.42 Å². The summed E-state index contributed by atoms with van der Waals surface area (Å²) < 4.78 is 28.7. The molecule has 2 aromatic carbocycles. The molecule has 2 rings (SSSR count). The van der Waals surface area contributed by atoms with Gasteiger partial charge < -0.3 is 5.11 Å². The average molecular weight is 435 g/mol. The third kappa shape index (κ3) is 4.29. The average Bonchev–Trinajstić information content (AvgIpc) is 2.43. The Morgan fingerprint density at radius 3 is 2.29 bits per heavy atom. The number of benzene rings is 2. The summed E-state index contributed by atoms with van der Waals surface area (Å²) >= 11 is 6.64. The van der Waals surface area contributed by atoms with Gasteiger partial charge in [0.2, 0.25) is 0 Å². The first-order valence-corrected chi connectivity index (χ1v) is 9.17. The minimum atomic E-state index is -3.64.